The summed E-state index contributed by atoms with van der Waals surface area (Å²) in [6.07, 6.45) is 0. The lowest BCUT2D eigenvalue weighted by Crippen LogP contribution is -1.99. The fourth-order valence-electron chi connectivity index (χ4n) is 4.07. The fourth-order valence-corrected chi connectivity index (χ4v) is 5.16. The van der Waals surface area contributed by atoms with E-state index < -0.39 is 0 Å². The van der Waals surface area contributed by atoms with Crippen molar-refractivity contribution in [3.63, 3.8) is 0 Å². The summed E-state index contributed by atoms with van der Waals surface area (Å²) in [5.41, 5.74) is 4.32. The highest BCUT2D eigenvalue weighted by atomic mass is 32.1. The van der Waals surface area contributed by atoms with E-state index in [-0.39, 0.29) is 0 Å². The van der Waals surface area contributed by atoms with Crippen molar-refractivity contribution in [1.82, 2.24) is 15.0 Å². The molecule has 4 aromatic carbocycles. The second-order valence-electron chi connectivity index (χ2n) is 7.79. The Labute approximate surface area is 190 Å². The first-order valence-corrected chi connectivity index (χ1v) is 11.4. The largest absolute Gasteiger partial charge is 0.213 e. The van der Waals surface area contributed by atoms with Gasteiger partial charge in [0, 0.05) is 31.3 Å². The average molecular weight is 430 g/mol. The van der Waals surface area contributed by atoms with Gasteiger partial charge in [-0.15, -0.1) is 11.3 Å². The van der Waals surface area contributed by atoms with Crippen LogP contribution in [-0.4, -0.2) is 15.0 Å². The summed E-state index contributed by atoms with van der Waals surface area (Å²) < 4.78 is 2.57. The van der Waals surface area contributed by atoms with E-state index in [0.29, 0.717) is 17.5 Å². The molecule has 0 bridgehead atoms. The smallest absolute Gasteiger partial charge is 0.163 e. The predicted octanol–water partition coefficient (Wildman–Crippen LogP) is 7.55. The molecule has 0 aliphatic rings. The Morgan fingerprint density at radius 3 is 2.00 bits per heavy atom. The molecule has 3 nitrogen and oxygen atoms in total. The van der Waals surface area contributed by atoms with Crippen molar-refractivity contribution >= 4 is 31.5 Å². The molecule has 0 atom stereocenters. The van der Waals surface area contributed by atoms with Gasteiger partial charge in [0.25, 0.3) is 0 Å². The Hall–Kier alpha value is -3.89. The minimum atomic E-state index is 0.695. The van der Waals surface area contributed by atoms with Crippen LogP contribution < -0.4 is 0 Å². The van der Waals surface area contributed by atoms with Crippen molar-refractivity contribution in [2.75, 3.05) is 0 Å². The van der Waals surface area contributed by atoms with Crippen LogP contribution in [0.1, 0.15) is 5.82 Å². The predicted molar refractivity (Wildman–Crippen MR) is 134 cm³/mol. The lowest BCUT2D eigenvalue weighted by molar-refractivity contribution is 0.992. The summed E-state index contributed by atoms with van der Waals surface area (Å²) in [6, 6.07) is 33.7. The van der Waals surface area contributed by atoms with Gasteiger partial charge >= 0.3 is 0 Å². The van der Waals surface area contributed by atoms with Crippen LogP contribution in [0.25, 0.3) is 54.1 Å². The molecule has 0 fully saturated rings. The summed E-state index contributed by atoms with van der Waals surface area (Å²) in [5.74, 6) is 2.11. The molecule has 152 valence electrons. The van der Waals surface area contributed by atoms with Gasteiger partial charge in [-0.05, 0) is 48.4 Å². The molecule has 0 saturated heterocycles. The number of thiophene rings is 1. The van der Waals surface area contributed by atoms with Crippen LogP contribution in [0.4, 0.5) is 0 Å². The lowest BCUT2D eigenvalue weighted by atomic mass is 10.0. The minimum absolute atomic E-state index is 0.695. The number of benzene rings is 4. The highest BCUT2D eigenvalue weighted by Gasteiger charge is 2.12. The topological polar surface area (TPSA) is 38.7 Å². The second kappa shape index (κ2) is 7.66. The van der Waals surface area contributed by atoms with Crippen LogP contribution in [0.2, 0.25) is 0 Å². The maximum atomic E-state index is 4.86. The van der Waals surface area contributed by atoms with Gasteiger partial charge < -0.3 is 0 Å². The highest BCUT2D eigenvalue weighted by molar-refractivity contribution is 7.25. The van der Waals surface area contributed by atoms with E-state index in [4.69, 9.17) is 4.98 Å². The van der Waals surface area contributed by atoms with Crippen LogP contribution in [0.15, 0.2) is 97.1 Å². The van der Waals surface area contributed by atoms with Crippen LogP contribution in [0, 0.1) is 6.92 Å². The number of fused-ring (bicyclic) bond motifs is 3. The second-order valence-corrected chi connectivity index (χ2v) is 8.87. The molecule has 6 rings (SSSR count). The number of rotatable bonds is 3. The summed E-state index contributed by atoms with van der Waals surface area (Å²) in [6.45, 7) is 1.92. The van der Waals surface area contributed by atoms with Crippen molar-refractivity contribution in [2.24, 2.45) is 0 Å². The van der Waals surface area contributed by atoms with Gasteiger partial charge in [-0.3, -0.25) is 0 Å². The van der Waals surface area contributed by atoms with Gasteiger partial charge in [-0.25, -0.2) is 15.0 Å². The van der Waals surface area contributed by atoms with Gasteiger partial charge in [0.05, 0.1) is 0 Å². The van der Waals surface area contributed by atoms with E-state index in [9.17, 15) is 0 Å². The normalized spacial score (nSPS) is 11.3. The molecule has 0 aliphatic carbocycles. The van der Waals surface area contributed by atoms with Crippen LogP contribution in [0.3, 0.4) is 0 Å². The molecule has 32 heavy (non-hydrogen) atoms. The highest BCUT2D eigenvalue weighted by Crippen LogP contribution is 2.36. The Morgan fingerprint density at radius 1 is 0.500 bits per heavy atom. The van der Waals surface area contributed by atoms with Crippen molar-refractivity contribution in [3.8, 4) is 33.9 Å². The molecule has 6 aromatic rings. The number of aromatic nitrogens is 3. The molecular weight excluding hydrogens is 410 g/mol. The zero-order valence-corrected chi connectivity index (χ0v) is 18.3. The number of nitrogens with zero attached hydrogens (tertiary/aromatic N) is 3. The summed E-state index contributed by atoms with van der Waals surface area (Å²) >= 11 is 1.82. The Morgan fingerprint density at radius 2 is 1.16 bits per heavy atom. The van der Waals surface area contributed by atoms with Crippen molar-refractivity contribution in [1.29, 1.82) is 0 Å². The van der Waals surface area contributed by atoms with Gasteiger partial charge in [-0.1, -0.05) is 66.7 Å². The van der Waals surface area contributed by atoms with E-state index in [0.717, 1.165) is 16.7 Å². The fraction of sp³-hybridized carbons (Fsp3) is 0.0357. The molecule has 0 unspecified atom stereocenters. The Balaban J connectivity index is 1.46. The zero-order valence-electron chi connectivity index (χ0n) is 17.5. The first kappa shape index (κ1) is 18.8. The number of hydrogen-bond donors (Lipinski definition) is 0. The van der Waals surface area contributed by atoms with Crippen molar-refractivity contribution in [2.45, 2.75) is 6.92 Å². The first-order valence-electron chi connectivity index (χ1n) is 10.5. The third kappa shape index (κ3) is 3.35. The Kier molecular flexibility index (Phi) is 4.51. The van der Waals surface area contributed by atoms with E-state index in [2.05, 4.69) is 101 Å². The van der Waals surface area contributed by atoms with Crippen LogP contribution in [0.5, 0.6) is 0 Å². The van der Waals surface area contributed by atoms with E-state index in [1.54, 1.807) is 0 Å². The molecular formula is C28H19N3S. The molecule has 2 heterocycles. The summed E-state index contributed by atoms with van der Waals surface area (Å²) in [7, 11) is 0. The molecule has 2 aromatic heterocycles. The first-order chi connectivity index (χ1) is 15.7. The molecule has 0 saturated carbocycles. The van der Waals surface area contributed by atoms with E-state index in [1.165, 1.54) is 25.7 Å². The zero-order chi connectivity index (χ0) is 21.5. The molecule has 4 heteroatoms. The summed E-state index contributed by atoms with van der Waals surface area (Å²) in [4.78, 5) is 14.2. The molecule has 0 N–H and O–H groups in total. The summed E-state index contributed by atoms with van der Waals surface area (Å²) in [5, 5.41) is 2.52. The van der Waals surface area contributed by atoms with Crippen molar-refractivity contribution in [3.05, 3.63) is 103 Å². The Bertz CT molecular complexity index is 1590. The third-order valence-corrected chi connectivity index (χ3v) is 6.76. The maximum Gasteiger partial charge on any atom is 0.163 e. The lowest BCUT2D eigenvalue weighted by Gasteiger charge is -2.08. The van der Waals surface area contributed by atoms with Gasteiger partial charge in [0.2, 0.25) is 0 Å². The van der Waals surface area contributed by atoms with Crippen LogP contribution in [-0.2, 0) is 0 Å². The van der Waals surface area contributed by atoms with E-state index >= 15 is 0 Å². The average Bonchev–Trinajstić information content (AvgIpc) is 3.22. The number of hydrogen-bond acceptors (Lipinski definition) is 4. The van der Waals surface area contributed by atoms with Gasteiger partial charge in [0.1, 0.15) is 5.82 Å². The maximum absolute atomic E-state index is 4.86. The molecule has 0 amide bonds. The molecule has 0 radical (unpaired) electrons. The van der Waals surface area contributed by atoms with Crippen LogP contribution >= 0.6 is 11.3 Å². The van der Waals surface area contributed by atoms with E-state index in [1.807, 2.05) is 24.3 Å². The quantitative estimate of drug-likeness (QED) is 0.291. The number of aryl methyl sites for hydroxylation is 1. The molecule has 0 spiro atoms. The third-order valence-electron chi connectivity index (χ3n) is 5.61. The van der Waals surface area contributed by atoms with Crippen molar-refractivity contribution < 1.29 is 0 Å². The standard InChI is InChI=1S/C28H19N3S/c1-18-29-27(21-11-7-10-20(16-21)19-8-3-2-4-9-19)31-28(30-18)22-14-15-26-24(17-22)23-12-5-6-13-25(23)32-26/h2-17H,1H3. The minimum Gasteiger partial charge on any atom is -0.213 e. The van der Waals surface area contributed by atoms with Gasteiger partial charge in [0.15, 0.2) is 11.6 Å². The van der Waals surface area contributed by atoms with Gasteiger partial charge in [-0.2, -0.15) is 0 Å². The monoisotopic (exact) mass is 429 g/mol. The molecule has 0 aliphatic heterocycles. The SMILES string of the molecule is Cc1nc(-c2cccc(-c3ccccc3)c2)nc(-c2ccc3sc4ccccc4c3c2)n1.